The third-order valence-corrected chi connectivity index (χ3v) is 5.91. The summed E-state index contributed by atoms with van der Waals surface area (Å²) in [5, 5.41) is 38.8. The van der Waals surface area contributed by atoms with Gasteiger partial charge in [0.2, 0.25) is 0 Å². The van der Waals surface area contributed by atoms with Crippen LogP contribution in [0.4, 0.5) is 0 Å². The predicted molar refractivity (Wildman–Crippen MR) is 77.8 cm³/mol. The van der Waals surface area contributed by atoms with Gasteiger partial charge in [-0.3, -0.25) is 0 Å². The first-order valence-electron chi connectivity index (χ1n) is 9.18. The van der Waals surface area contributed by atoms with Crippen molar-refractivity contribution in [3.8, 4) is 0 Å². The van der Waals surface area contributed by atoms with E-state index in [1.165, 1.54) is 10.5 Å². The second-order valence-corrected chi connectivity index (χ2v) is 7.18. The Labute approximate surface area is 170 Å². The minimum absolute atomic E-state index is 0.785. The molecule has 10 saturated heterocycles. The van der Waals surface area contributed by atoms with Crippen LogP contribution in [-0.2, 0) is 0 Å². The molecule has 31 heavy (non-hydrogen) atoms. The number of hydrogen-bond donors (Lipinski definition) is 6. The highest BCUT2D eigenvalue weighted by Crippen LogP contribution is 2.61. The van der Waals surface area contributed by atoms with Crippen molar-refractivity contribution < 1.29 is 0 Å². The molecule has 0 amide bonds. The largest absolute Gasteiger partial charge is 0.235 e. The zero-order valence-electron chi connectivity index (χ0n) is 15.7. The summed E-state index contributed by atoms with van der Waals surface area (Å²) in [6.45, 7) is 2.84. The van der Waals surface area contributed by atoms with Gasteiger partial charge in [0, 0.05) is 13.6 Å². The van der Waals surface area contributed by atoms with Crippen LogP contribution in [0.2, 0.25) is 0 Å². The van der Waals surface area contributed by atoms with E-state index in [1.54, 1.807) is 41.8 Å². The van der Waals surface area contributed by atoms with Gasteiger partial charge in [-0.2, -0.15) is 5.53 Å². The van der Waals surface area contributed by atoms with Crippen molar-refractivity contribution in [2.24, 2.45) is 11.7 Å². The number of nitrogens with two attached hydrogens (primary N) is 2. The lowest BCUT2D eigenvalue weighted by atomic mass is 10.8. The molecule has 0 bridgehead atoms. The topological polar surface area (TPSA) is 171 Å². The summed E-state index contributed by atoms with van der Waals surface area (Å²) in [4.78, 5) is 0. The third-order valence-electron chi connectivity index (χ3n) is 5.91. The fourth-order valence-electron chi connectivity index (χ4n) is 4.47. The average Bonchev–Trinajstić information content (AvgIpc) is 2.72. The molecule has 168 valence electrons. The first-order chi connectivity index (χ1) is 15.1. The normalized spacial score (nSPS) is 42.2. The molecule has 28 nitrogen and oxygen atoms in total. The molecule has 0 aromatic heterocycles. The maximum atomic E-state index is 5.83. The van der Waals surface area contributed by atoms with Gasteiger partial charge in [0.1, 0.15) is 0 Å². The Kier molecular flexibility index (Phi) is 2.44. The molecular weight excluding hydrogens is 428 g/mol. The van der Waals surface area contributed by atoms with Crippen molar-refractivity contribution in [1.82, 2.24) is 137 Å². The zero-order valence-corrected chi connectivity index (χ0v) is 15.7. The predicted octanol–water partition coefficient (Wildman–Crippen LogP) is -9.45. The van der Waals surface area contributed by atoms with E-state index in [2.05, 4.69) is 29.1 Å². The molecule has 0 radical (unpaired) electrons. The number of hydrazine groups is 37. The highest BCUT2D eigenvalue weighted by atomic mass is 16.9. The van der Waals surface area contributed by atoms with Crippen LogP contribution in [0.25, 0.3) is 0 Å². The van der Waals surface area contributed by atoms with Crippen molar-refractivity contribution in [2.45, 2.75) is 6.92 Å². The summed E-state index contributed by atoms with van der Waals surface area (Å²) in [6.07, 6.45) is 0. The minimum atomic E-state index is 0.785. The Morgan fingerprint density at radius 1 is 0.548 bits per heavy atom. The number of nitrogens with zero attached hydrogens (tertiary/aromatic N) is 22. The van der Waals surface area contributed by atoms with Crippen molar-refractivity contribution in [3.05, 3.63) is 0 Å². The molecule has 28 heteroatoms. The second-order valence-electron chi connectivity index (χ2n) is 7.18. The van der Waals surface area contributed by atoms with Gasteiger partial charge in [-0.05, 0) is 111 Å². The summed E-state index contributed by atoms with van der Waals surface area (Å²) in [6, 6.07) is 0. The first kappa shape index (κ1) is 16.5. The first-order valence-corrected chi connectivity index (χ1v) is 9.18. The Morgan fingerprint density at radius 2 is 1.00 bits per heavy atom. The van der Waals surface area contributed by atoms with E-state index in [4.69, 9.17) is 11.7 Å². The van der Waals surface area contributed by atoms with Gasteiger partial charge in [-0.1, -0.05) is 0 Å². The standard InChI is InChI=1S/C3H16N28/c1-3-11-10(2)16-9-17-15(8-6-7-14(11)16)20-21(17)25-24(20)28-29(25)31-27-23-19-13(5)12(4)18(19)22(23)26(27)30(28)31/h6-9H,3-5H2,1-2H3. The van der Waals surface area contributed by atoms with E-state index in [-0.39, 0.29) is 0 Å². The average molecular weight is 444 g/mol. The molecular formula is C3H16N28. The molecule has 10 fully saturated rings. The molecule has 0 aliphatic carbocycles. The quantitative estimate of drug-likeness (QED) is 0.210. The van der Waals surface area contributed by atoms with Gasteiger partial charge in [0.15, 0.2) is 0 Å². The van der Waals surface area contributed by atoms with Crippen LogP contribution in [0.15, 0.2) is 0 Å². The molecule has 0 atom stereocenters. The lowest BCUT2D eigenvalue weighted by Gasteiger charge is -2.92. The molecule has 0 aromatic carbocycles. The smallest absolute Gasteiger partial charge is 0.0308 e. The van der Waals surface area contributed by atoms with Gasteiger partial charge in [-0.25, -0.2) is 11.7 Å². The van der Waals surface area contributed by atoms with E-state index in [9.17, 15) is 0 Å². The summed E-state index contributed by atoms with van der Waals surface area (Å²) < 4.78 is 0. The van der Waals surface area contributed by atoms with Crippen molar-refractivity contribution in [2.75, 3.05) is 13.6 Å². The van der Waals surface area contributed by atoms with Crippen LogP contribution >= 0.6 is 0 Å². The Bertz CT molecular complexity index is 887. The maximum Gasteiger partial charge on any atom is 0.0308 e. The van der Waals surface area contributed by atoms with Crippen molar-refractivity contribution >= 4 is 0 Å². The van der Waals surface area contributed by atoms with E-state index in [0.29, 0.717) is 0 Å². The fraction of sp³-hybridized carbons (Fsp3) is 1.00. The number of fused-ring (bicyclic) bond motifs is 23. The zero-order chi connectivity index (χ0) is 20.2. The van der Waals surface area contributed by atoms with Gasteiger partial charge in [-0.15, -0.1) is 26.8 Å². The van der Waals surface area contributed by atoms with E-state index < -0.39 is 0 Å². The number of rotatable bonds is 1. The van der Waals surface area contributed by atoms with Crippen LogP contribution in [0.5, 0.6) is 0 Å². The van der Waals surface area contributed by atoms with Crippen LogP contribution in [0, 0.1) is 0 Å². The number of hydrogen-bond acceptors (Lipinski definition) is 28. The van der Waals surface area contributed by atoms with Gasteiger partial charge < -0.3 is 0 Å². The highest BCUT2D eigenvalue weighted by Gasteiger charge is 2.93. The molecule has 8 N–H and O–H groups in total. The van der Waals surface area contributed by atoms with Crippen LogP contribution < -0.4 is 33.8 Å². The molecule has 0 spiro atoms. The van der Waals surface area contributed by atoms with Gasteiger partial charge >= 0.3 is 0 Å². The van der Waals surface area contributed by atoms with E-state index in [0.717, 1.165) is 6.54 Å². The highest BCUT2D eigenvalue weighted by molar-refractivity contribution is 4.78. The monoisotopic (exact) mass is 444 g/mol. The Morgan fingerprint density at radius 3 is 1.55 bits per heavy atom. The van der Waals surface area contributed by atoms with Crippen LogP contribution in [0.3, 0.4) is 0 Å². The summed E-state index contributed by atoms with van der Waals surface area (Å²) in [5.41, 5.74) is 12.3. The molecule has 10 aliphatic rings. The summed E-state index contributed by atoms with van der Waals surface area (Å²) in [7, 11) is 1.94. The molecule has 10 heterocycles. The van der Waals surface area contributed by atoms with Crippen LogP contribution in [0.1, 0.15) is 6.92 Å². The minimum Gasteiger partial charge on any atom is -0.235 e. The van der Waals surface area contributed by atoms with Gasteiger partial charge in [0.25, 0.3) is 0 Å². The SMILES string of the molecule is CCN1N(C)N2NN3N(NNNN12)N1N3N2N1N1N2N2N3N4N5N(N)N(N)N5N4N3N12. The number of nitrogens with one attached hydrogen (secondary N) is 4. The van der Waals surface area contributed by atoms with Crippen LogP contribution in [-0.4, -0.2) is 128 Å². The second kappa shape index (κ2) is 4.60. The molecule has 0 unspecified atom stereocenters. The molecule has 10 rings (SSSR count). The Hall–Kier alpha value is -1.12. The van der Waals surface area contributed by atoms with Crippen molar-refractivity contribution in [3.63, 3.8) is 0 Å². The lowest BCUT2D eigenvalue weighted by Crippen LogP contribution is -3.25. The lowest BCUT2D eigenvalue weighted by molar-refractivity contribution is -1.08. The molecule has 0 aromatic rings. The van der Waals surface area contributed by atoms with E-state index >= 15 is 0 Å². The molecule has 0 saturated carbocycles. The summed E-state index contributed by atoms with van der Waals surface area (Å²) in [5.74, 6) is 11.7. The third kappa shape index (κ3) is 1.30. The van der Waals surface area contributed by atoms with Gasteiger partial charge in [0.05, 0.1) is 0 Å². The van der Waals surface area contributed by atoms with Crippen molar-refractivity contribution in [1.29, 1.82) is 0 Å². The summed E-state index contributed by atoms with van der Waals surface area (Å²) >= 11 is 0. The fourth-order valence-corrected chi connectivity index (χ4v) is 4.47. The van der Waals surface area contributed by atoms with E-state index in [1.807, 2.05) is 69.6 Å². The maximum absolute atomic E-state index is 5.83. The molecule has 10 aliphatic heterocycles. The Balaban J connectivity index is 0.896.